The van der Waals surface area contributed by atoms with Gasteiger partial charge in [-0.05, 0) is 18.9 Å². The molecule has 1 aromatic heterocycles. The zero-order valence-corrected chi connectivity index (χ0v) is 11.6. The van der Waals surface area contributed by atoms with Gasteiger partial charge in [0.2, 0.25) is 0 Å². The van der Waals surface area contributed by atoms with Gasteiger partial charge in [-0.3, -0.25) is 9.48 Å². The number of nitrogens with one attached hydrogen (secondary N) is 1. The number of aromatic nitrogens is 2. The summed E-state index contributed by atoms with van der Waals surface area (Å²) in [5.41, 5.74) is 0.927. The second-order valence-corrected chi connectivity index (χ2v) is 5.05. The Labute approximate surface area is 117 Å². The molecule has 7 nitrogen and oxygen atoms in total. The Bertz CT molecular complexity index is 486. The number of likely N-dealkylation sites (tertiary alicyclic amines) is 1. The number of carbonyl (C=O) groups is 2. The van der Waals surface area contributed by atoms with Gasteiger partial charge < -0.3 is 15.3 Å². The fourth-order valence-corrected chi connectivity index (χ4v) is 2.51. The number of carbonyl (C=O) groups excluding carboxylic acids is 1. The fraction of sp³-hybridized carbons (Fsp3) is 0.615. The van der Waals surface area contributed by atoms with E-state index in [9.17, 15) is 9.59 Å². The first-order valence-electron chi connectivity index (χ1n) is 6.81. The number of rotatable bonds is 5. The van der Waals surface area contributed by atoms with E-state index in [4.69, 9.17) is 5.11 Å². The maximum Gasteiger partial charge on any atom is 0.317 e. The molecule has 2 amide bonds. The molecule has 0 spiro atoms. The number of hydrogen-bond donors (Lipinski definition) is 2. The van der Waals surface area contributed by atoms with Crippen LogP contribution < -0.4 is 5.32 Å². The van der Waals surface area contributed by atoms with Crippen LogP contribution in [0.4, 0.5) is 4.79 Å². The molecule has 1 fully saturated rings. The third kappa shape index (κ3) is 3.72. The number of amides is 2. The highest BCUT2D eigenvalue weighted by molar-refractivity contribution is 5.76. The number of carboxylic acids is 1. The van der Waals surface area contributed by atoms with Crippen molar-refractivity contribution in [3.63, 3.8) is 0 Å². The average Bonchev–Trinajstić information content (AvgIpc) is 2.98. The molecule has 7 heteroatoms. The third-order valence-corrected chi connectivity index (χ3v) is 3.47. The molecule has 20 heavy (non-hydrogen) atoms. The van der Waals surface area contributed by atoms with E-state index >= 15 is 0 Å². The Hall–Kier alpha value is -2.05. The van der Waals surface area contributed by atoms with Crippen LogP contribution in [-0.4, -0.2) is 50.9 Å². The van der Waals surface area contributed by atoms with E-state index in [0.717, 1.165) is 18.5 Å². The van der Waals surface area contributed by atoms with Gasteiger partial charge in [-0.25, -0.2) is 4.79 Å². The van der Waals surface area contributed by atoms with E-state index in [1.165, 1.54) is 0 Å². The van der Waals surface area contributed by atoms with Crippen molar-refractivity contribution >= 4 is 12.0 Å². The average molecular weight is 280 g/mol. The highest BCUT2D eigenvalue weighted by Crippen LogP contribution is 2.19. The van der Waals surface area contributed by atoms with E-state index in [1.54, 1.807) is 9.58 Å². The second kappa shape index (κ2) is 6.40. The van der Waals surface area contributed by atoms with Gasteiger partial charge in [-0.2, -0.15) is 5.10 Å². The van der Waals surface area contributed by atoms with E-state index in [0.29, 0.717) is 19.5 Å². The maximum atomic E-state index is 12.0. The molecule has 0 saturated carbocycles. The Balaban J connectivity index is 1.77. The van der Waals surface area contributed by atoms with E-state index < -0.39 is 5.97 Å². The fourth-order valence-electron chi connectivity index (χ4n) is 2.51. The van der Waals surface area contributed by atoms with E-state index in [-0.39, 0.29) is 18.5 Å². The van der Waals surface area contributed by atoms with Crippen LogP contribution in [0.25, 0.3) is 0 Å². The van der Waals surface area contributed by atoms with Crippen molar-refractivity contribution in [1.29, 1.82) is 0 Å². The molecule has 110 valence electrons. The van der Waals surface area contributed by atoms with E-state index in [2.05, 4.69) is 10.4 Å². The van der Waals surface area contributed by atoms with Crippen LogP contribution in [0.3, 0.4) is 0 Å². The Kier molecular flexibility index (Phi) is 4.60. The SMILES string of the molecule is Cn1ccc(CCNC(=O)N2CCCC2CC(=O)O)n1. The summed E-state index contributed by atoms with van der Waals surface area (Å²) in [6.07, 6.45) is 4.18. The highest BCUT2D eigenvalue weighted by atomic mass is 16.4. The molecule has 2 rings (SSSR count). The first-order chi connectivity index (χ1) is 9.56. The lowest BCUT2D eigenvalue weighted by atomic mass is 10.1. The van der Waals surface area contributed by atoms with Gasteiger partial charge in [0.25, 0.3) is 0 Å². The Morgan fingerprint density at radius 3 is 3.00 bits per heavy atom. The number of aliphatic carboxylic acids is 1. The molecule has 2 heterocycles. The monoisotopic (exact) mass is 280 g/mol. The van der Waals surface area contributed by atoms with Gasteiger partial charge in [0, 0.05) is 38.8 Å². The Morgan fingerprint density at radius 2 is 2.35 bits per heavy atom. The lowest BCUT2D eigenvalue weighted by Gasteiger charge is -2.23. The smallest absolute Gasteiger partial charge is 0.317 e. The van der Waals surface area contributed by atoms with Crippen LogP contribution in [0, 0.1) is 0 Å². The molecule has 1 atom stereocenters. The van der Waals surface area contributed by atoms with Crippen LogP contribution in [0.1, 0.15) is 25.0 Å². The summed E-state index contributed by atoms with van der Waals surface area (Å²) in [7, 11) is 1.85. The normalized spacial score (nSPS) is 18.2. The lowest BCUT2D eigenvalue weighted by molar-refractivity contribution is -0.137. The van der Waals surface area contributed by atoms with Crippen molar-refractivity contribution in [3.05, 3.63) is 18.0 Å². The minimum absolute atomic E-state index is 0.0215. The standard InChI is InChI=1S/C13H20N4O3/c1-16-8-5-10(15-16)4-6-14-13(20)17-7-2-3-11(17)9-12(18)19/h5,8,11H,2-4,6-7,9H2,1H3,(H,14,20)(H,18,19). The summed E-state index contributed by atoms with van der Waals surface area (Å²) in [5.74, 6) is -0.858. The molecular weight excluding hydrogens is 260 g/mol. The summed E-state index contributed by atoms with van der Waals surface area (Å²) in [4.78, 5) is 24.4. The summed E-state index contributed by atoms with van der Waals surface area (Å²) < 4.78 is 1.72. The van der Waals surface area contributed by atoms with Crippen molar-refractivity contribution in [2.45, 2.75) is 31.7 Å². The van der Waals surface area contributed by atoms with Crippen molar-refractivity contribution < 1.29 is 14.7 Å². The first-order valence-corrected chi connectivity index (χ1v) is 6.81. The highest BCUT2D eigenvalue weighted by Gasteiger charge is 2.30. The van der Waals surface area contributed by atoms with Crippen molar-refractivity contribution in [2.24, 2.45) is 7.05 Å². The summed E-state index contributed by atoms with van der Waals surface area (Å²) >= 11 is 0. The summed E-state index contributed by atoms with van der Waals surface area (Å²) in [6, 6.07) is 1.56. The van der Waals surface area contributed by atoms with Gasteiger partial charge in [0.05, 0.1) is 12.1 Å². The van der Waals surface area contributed by atoms with Crippen molar-refractivity contribution in [1.82, 2.24) is 20.0 Å². The number of urea groups is 1. The minimum atomic E-state index is -0.858. The van der Waals surface area contributed by atoms with Crippen LogP contribution >= 0.6 is 0 Å². The molecule has 0 radical (unpaired) electrons. The van der Waals surface area contributed by atoms with Crippen molar-refractivity contribution in [2.75, 3.05) is 13.1 Å². The van der Waals surface area contributed by atoms with Gasteiger partial charge in [0.15, 0.2) is 0 Å². The molecule has 1 aromatic rings. The summed E-state index contributed by atoms with van der Waals surface area (Å²) in [6.45, 7) is 1.14. The molecule has 0 aliphatic carbocycles. The number of carboxylic acid groups (broad SMARTS) is 1. The minimum Gasteiger partial charge on any atom is -0.481 e. The van der Waals surface area contributed by atoms with Crippen LogP contribution in [-0.2, 0) is 18.3 Å². The predicted octanol–water partition coefficient (Wildman–Crippen LogP) is 0.611. The van der Waals surface area contributed by atoms with Gasteiger partial charge >= 0.3 is 12.0 Å². The molecule has 0 bridgehead atoms. The molecule has 2 N–H and O–H groups in total. The molecule has 1 aliphatic heterocycles. The molecule has 1 unspecified atom stereocenters. The topological polar surface area (TPSA) is 87.5 Å². The number of aryl methyl sites for hydroxylation is 1. The zero-order chi connectivity index (χ0) is 14.5. The lowest BCUT2D eigenvalue weighted by Crippen LogP contribution is -2.44. The van der Waals surface area contributed by atoms with Gasteiger partial charge in [-0.1, -0.05) is 0 Å². The predicted molar refractivity (Wildman–Crippen MR) is 72.3 cm³/mol. The van der Waals surface area contributed by atoms with Crippen LogP contribution in [0.15, 0.2) is 12.3 Å². The first kappa shape index (κ1) is 14.4. The Morgan fingerprint density at radius 1 is 1.55 bits per heavy atom. The van der Waals surface area contributed by atoms with E-state index in [1.807, 2.05) is 19.3 Å². The molecule has 1 saturated heterocycles. The van der Waals surface area contributed by atoms with Gasteiger partial charge in [0.1, 0.15) is 0 Å². The molecule has 0 aromatic carbocycles. The zero-order valence-electron chi connectivity index (χ0n) is 11.6. The second-order valence-electron chi connectivity index (χ2n) is 5.05. The molecular formula is C13H20N4O3. The largest absolute Gasteiger partial charge is 0.481 e. The maximum absolute atomic E-state index is 12.0. The number of hydrogen-bond acceptors (Lipinski definition) is 3. The summed E-state index contributed by atoms with van der Waals surface area (Å²) in [5, 5.41) is 15.9. The third-order valence-electron chi connectivity index (χ3n) is 3.47. The van der Waals surface area contributed by atoms with Crippen LogP contribution in [0.5, 0.6) is 0 Å². The van der Waals surface area contributed by atoms with Gasteiger partial charge in [-0.15, -0.1) is 0 Å². The number of nitrogens with zero attached hydrogens (tertiary/aromatic N) is 3. The molecule has 1 aliphatic rings. The quantitative estimate of drug-likeness (QED) is 0.827. The van der Waals surface area contributed by atoms with Crippen molar-refractivity contribution in [3.8, 4) is 0 Å². The van der Waals surface area contributed by atoms with Crippen LogP contribution in [0.2, 0.25) is 0 Å².